The number of thiophene rings is 1. The molecule has 2 amide bonds. The van der Waals surface area contributed by atoms with Gasteiger partial charge in [-0.15, -0.1) is 11.3 Å². The van der Waals surface area contributed by atoms with Crippen molar-refractivity contribution in [3.63, 3.8) is 0 Å². The summed E-state index contributed by atoms with van der Waals surface area (Å²) in [4.78, 5) is 28.5. The zero-order valence-electron chi connectivity index (χ0n) is 15.7. The van der Waals surface area contributed by atoms with E-state index in [9.17, 15) is 9.59 Å². The topological polar surface area (TPSA) is 69.6 Å². The molecule has 1 aliphatic rings. The Morgan fingerprint density at radius 1 is 1.03 bits per heavy atom. The van der Waals surface area contributed by atoms with Crippen LogP contribution in [0.3, 0.4) is 0 Å². The monoisotopic (exact) mass is 404 g/mol. The number of fused-ring (bicyclic) bond motifs is 1. The van der Waals surface area contributed by atoms with Gasteiger partial charge < -0.3 is 4.90 Å². The minimum Gasteiger partial charge on any atom is -0.334 e. The maximum atomic E-state index is 13.5. The Bertz CT molecular complexity index is 1060. The number of rotatable bonds is 4. The zero-order chi connectivity index (χ0) is 20.2. The molecule has 2 heterocycles. The van der Waals surface area contributed by atoms with Crippen LogP contribution in [0.1, 0.15) is 31.2 Å². The van der Waals surface area contributed by atoms with E-state index >= 15 is 0 Å². The summed E-state index contributed by atoms with van der Waals surface area (Å²) in [5, 5.41) is 8.86. The molecule has 0 bridgehead atoms. The lowest BCUT2D eigenvalue weighted by Gasteiger charge is -2.28. The number of carbonyl (C=O) groups excluding carboxylic acids is 2. The van der Waals surface area contributed by atoms with Gasteiger partial charge in [0.25, 0.3) is 11.8 Å². The highest BCUT2D eigenvalue weighted by Crippen LogP contribution is 2.30. The summed E-state index contributed by atoms with van der Waals surface area (Å²) in [5.41, 5.74) is 5.11. The molecular formula is C23H20N2O3S. The van der Waals surface area contributed by atoms with Crippen LogP contribution in [-0.4, -0.2) is 28.5 Å². The van der Waals surface area contributed by atoms with Crippen LogP contribution in [0.5, 0.6) is 0 Å². The normalized spacial score (nSPS) is 13.7. The van der Waals surface area contributed by atoms with Crippen molar-refractivity contribution in [3.8, 4) is 0 Å². The molecule has 29 heavy (non-hydrogen) atoms. The molecule has 0 atom stereocenters. The molecule has 2 aromatic carbocycles. The van der Waals surface area contributed by atoms with Crippen LogP contribution in [0.15, 0.2) is 66.7 Å². The highest BCUT2D eigenvalue weighted by atomic mass is 32.1. The summed E-state index contributed by atoms with van der Waals surface area (Å²) in [6, 6.07) is 21.2. The highest BCUT2D eigenvalue weighted by molar-refractivity contribution is 7.14. The number of carbonyl (C=O) groups is 2. The molecular weight excluding hydrogens is 384 g/mol. The third-order valence-electron chi connectivity index (χ3n) is 4.90. The number of amides is 2. The first-order valence-electron chi connectivity index (χ1n) is 9.33. The average molecular weight is 404 g/mol. The van der Waals surface area contributed by atoms with Crippen LogP contribution in [0.2, 0.25) is 0 Å². The van der Waals surface area contributed by atoms with Gasteiger partial charge in [0.15, 0.2) is 0 Å². The summed E-state index contributed by atoms with van der Waals surface area (Å²) in [6.45, 7) is 1.04. The van der Waals surface area contributed by atoms with Crippen molar-refractivity contribution in [3.05, 3.63) is 93.2 Å². The first kappa shape index (κ1) is 19.1. The molecule has 0 saturated carbocycles. The second-order valence-corrected chi connectivity index (χ2v) is 7.95. The molecule has 146 valence electrons. The van der Waals surface area contributed by atoms with Gasteiger partial charge in [-0.1, -0.05) is 60.7 Å². The summed E-state index contributed by atoms with van der Waals surface area (Å²) in [5.74, 6) is -0.554. The Hall–Kier alpha value is -3.22. The maximum Gasteiger partial charge on any atom is 0.284 e. The molecule has 3 aromatic rings. The molecule has 6 heteroatoms. The Kier molecular flexibility index (Phi) is 5.55. The minimum absolute atomic E-state index is 0.0370. The van der Waals surface area contributed by atoms with E-state index in [4.69, 9.17) is 5.21 Å². The van der Waals surface area contributed by atoms with Crippen molar-refractivity contribution in [1.29, 1.82) is 0 Å². The number of nitrogens with one attached hydrogen (secondary N) is 1. The lowest BCUT2D eigenvalue weighted by molar-refractivity contribution is -0.125. The quantitative estimate of drug-likeness (QED) is 0.299. The van der Waals surface area contributed by atoms with Gasteiger partial charge in [-0.2, -0.15) is 0 Å². The third-order valence-corrected chi connectivity index (χ3v) is 6.14. The van der Waals surface area contributed by atoms with Gasteiger partial charge in [0.2, 0.25) is 0 Å². The largest absolute Gasteiger partial charge is 0.334 e. The summed E-state index contributed by atoms with van der Waals surface area (Å²) < 4.78 is 0. The van der Waals surface area contributed by atoms with E-state index in [0.717, 1.165) is 21.6 Å². The van der Waals surface area contributed by atoms with Crippen LogP contribution < -0.4 is 5.48 Å². The Morgan fingerprint density at radius 2 is 1.72 bits per heavy atom. The fourth-order valence-corrected chi connectivity index (χ4v) is 4.50. The van der Waals surface area contributed by atoms with Gasteiger partial charge in [-0.05, 0) is 35.3 Å². The number of hydroxylamine groups is 1. The molecule has 1 aliphatic heterocycles. The predicted molar refractivity (Wildman–Crippen MR) is 113 cm³/mol. The van der Waals surface area contributed by atoms with Gasteiger partial charge in [0.05, 0.1) is 4.88 Å². The standard InChI is InChI=1S/C23H20N2O3S/c26-22(24-28)21-14-18-15-25(12-11-20(18)29-21)23(27)19(17-9-5-2-6-10-17)13-16-7-3-1-4-8-16/h1-10,13-14,28H,11-12,15H2,(H,24,26). The highest BCUT2D eigenvalue weighted by Gasteiger charge is 2.26. The Morgan fingerprint density at radius 3 is 2.41 bits per heavy atom. The van der Waals surface area contributed by atoms with Gasteiger partial charge >= 0.3 is 0 Å². The molecule has 0 aliphatic carbocycles. The molecule has 5 nitrogen and oxygen atoms in total. The average Bonchev–Trinajstić information content (AvgIpc) is 3.21. The van der Waals surface area contributed by atoms with E-state index in [-0.39, 0.29) is 5.91 Å². The van der Waals surface area contributed by atoms with Gasteiger partial charge in [-0.25, -0.2) is 5.48 Å². The fourth-order valence-electron chi connectivity index (χ4n) is 3.45. The van der Waals surface area contributed by atoms with Crippen molar-refractivity contribution in [2.45, 2.75) is 13.0 Å². The first-order chi connectivity index (χ1) is 14.2. The smallest absolute Gasteiger partial charge is 0.284 e. The molecule has 0 unspecified atom stereocenters. The van der Waals surface area contributed by atoms with Crippen molar-refractivity contribution in [2.24, 2.45) is 0 Å². The molecule has 0 fully saturated rings. The second-order valence-electron chi connectivity index (χ2n) is 6.81. The lowest BCUT2D eigenvalue weighted by atomic mass is 10.00. The van der Waals surface area contributed by atoms with Gasteiger partial charge in [-0.3, -0.25) is 14.8 Å². The first-order valence-corrected chi connectivity index (χ1v) is 10.1. The minimum atomic E-state index is -0.517. The molecule has 0 saturated heterocycles. The Labute approximate surface area is 172 Å². The number of nitrogens with zero attached hydrogens (tertiary/aromatic N) is 1. The van der Waals surface area contributed by atoms with Gasteiger partial charge in [0.1, 0.15) is 0 Å². The van der Waals surface area contributed by atoms with E-state index in [2.05, 4.69) is 0 Å². The lowest BCUT2D eigenvalue weighted by Crippen LogP contribution is -2.35. The van der Waals surface area contributed by atoms with Crippen molar-refractivity contribution < 1.29 is 14.8 Å². The van der Waals surface area contributed by atoms with Crippen LogP contribution in [-0.2, 0) is 17.8 Å². The SMILES string of the molecule is O=C(NO)c1cc2c(s1)CCN(C(=O)C(=Cc1ccccc1)c1ccccc1)C2. The van der Waals surface area contributed by atoms with Gasteiger partial charge in [0, 0.05) is 23.5 Å². The molecule has 4 rings (SSSR count). The van der Waals surface area contributed by atoms with Crippen LogP contribution in [0.25, 0.3) is 11.6 Å². The molecule has 0 radical (unpaired) electrons. The van der Waals surface area contributed by atoms with Crippen molar-refractivity contribution in [2.75, 3.05) is 6.54 Å². The predicted octanol–water partition coefficient (Wildman–Crippen LogP) is 3.99. The van der Waals surface area contributed by atoms with E-state index in [1.165, 1.54) is 11.3 Å². The van der Waals surface area contributed by atoms with Crippen LogP contribution >= 0.6 is 11.3 Å². The number of hydrogen-bond acceptors (Lipinski definition) is 4. The maximum absolute atomic E-state index is 13.5. The van der Waals surface area contributed by atoms with Crippen molar-refractivity contribution >= 4 is 34.8 Å². The molecule has 1 aromatic heterocycles. The van der Waals surface area contributed by atoms with E-state index in [0.29, 0.717) is 30.0 Å². The number of hydrogen-bond donors (Lipinski definition) is 2. The molecule has 0 spiro atoms. The number of benzene rings is 2. The summed E-state index contributed by atoms with van der Waals surface area (Å²) in [6.07, 6.45) is 2.61. The Balaban J connectivity index is 1.64. The van der Waals surface area contributed by atoms with E-state index in [1.54, 1.807) is 11.5 Å². The van der Waals surface area contributed by atoms with Crippen molar-refractivity contribution in [1.82, 2.24) is 10.4 Å². The second kappa shape index (κ2) is 8.43. The van der Waals surface area contributed by atoms with Crippen LogP contribution in [0, 0.1) is 0 Å². The fraction of sp³-hybridized carbons (Fsp3) is 0.130. The third kappa shape index (κ3) is 4.13. The van der Waals surface area contributed by atoms with E-state index in [1.807, 2.05) is 71.6 Å². The van der Waals surface area contributed by atoms with E-state index < -0.39 is 5.91 Å². The summed E-state index contributed by atoms with van der Waals surface area (Å²) in [7, 11) is 0. The molecule has 2 N–H and O–H groups in total. The van der Waals surface area contributed by atoms with Crippen LogP contribution in [0.4, 0.5) is 0 Å². The summed E-state index contributed by atoms with van der Waals surface area (Å²) >= 11 is 1.36. The zero-order valence-corrected chi connectivity index (χ0v) is 16.5.